The SMILES string of the molecule is CCC1CC(C)(F)C(F)(C(F)(F)F)C(F)(F)C1. The van der Waals surface area contributed by atoms with Crippen LogP contribution in [-0.2, 0) is 0 Å². The van der Waals surface area contributed by atoms with Crippen molar-refractivity contribution in [1.29, 1.82) is 0 Å². The molecule has 0 aromatic heterocycles. The molecule has 0 heterocycles. The lowest BCUT2D eigenvalue weighted by Gasteiger charge is -2.48. The minimum absolute atomic E-state index is 0.0863. The van der Waals surface area contributed by atoms with Crippen LogP contribution in [0.1, 0.15) is 33.1 Å². The van der Waals surface area contributed by atoms with Gasteiger partial charge in [0.2, 0.25) is 0 Å². The molecule has 0 bridgehead atoms. The Balaban J connectivity index is 3.28. The van der Waals surface area contributed by atoms with E-state index in [1.54, 1.807) is 0 Å². The molecule has 17 heavy (non-hydrogen) atoms. The molecule has 3 atom stereocenters. The Kier molecular flexibility index (Phi) is 3.21. The molecule has 0 spiro atoms. The topological polar surface area (TPSA) is 0 Å². The van der Waals surface area contributed by atoms with Crippen molar-refractivity contribution in [3.63, 3.8) is 0 Å². The number of hydrogen-bond donors (Lipinski definition) is 0. The fourth-order valence-electron chi connectivity index (χ4n) is 2.43. The lowest BCUT2D eigenvalue weighted by atomic mass is 9.67. The Morgan fingerprint density at radius 2 is 1.53 bits per heavy atom. The maximum Gasteiger partial charge on any atom is 0.431 e. The molecule has 0 N–H and O–H groups in total. The second-order valence-electron chi connectivity index (χ2n) is 4.74. The van der Waals surface area contributed by atoms with E-state index >= 15 is 0 Å². The van der Waals surface area contributed by atoms with Gasteiger partial charge in [0.1, 0.15) is 0 Å². The molecule has 1 saturated carbocycles. The van der Waals surface area contributed by atoms with E-state index in [9.17, 15) is 30.7 Å². The van der Waals surface area contributed by atoms with Crippen LogP contribution < -0.4 is 0 Å². The third-order valence-electron chi connectivity index (χ3n) is 3.41. The Hall–Kier alpha value is -0.490. The van der Waals surface area contributed by atoms with Crippen molar-refractivity contribution in [2.24, 2.45) is 5.92 Å². The van der Waals surface area contributed by atoms with Crippen LogP contribution in [0.15, 0.2) is 0 Å². The second kappa shape index (κ2) is 3.75. The van der Waals surface area contributed by atoms with E-state index in [4.69, 9.17) is 0 Å². The Labute approximate surface area is 94.2 Å². The van der Waals surface area contributed by atoms with Crippen molar-refractivity contribution in [2.45, 2.75) is 56.5 Å². The van der Waals surface area contributed by atoms with E-state index in [0.717, 1.165) is 0 Å². The van der Waals surface area contributed by atoms with Gasteiger partial charge in [0.25, 0.3) is 5.92 Å². The third-order valence-corrected chi connectivity index (χ3v) is 3.41. The van der Waals surface area contributed by atoms with E-state index in [2.05, 4.69) is 0 Å². The number of rotatable bonds is 1. The molecule has 102 valence electrons. The van der Waals surface area contributed by atoms with Gasteiger partial charge in [0.05, 0.1) is 0 Å². The molecule has 0 aliphatic heterocycles. The van der Waals surface area contributed by atoms with E-state index in [0.29, 0.717) is 0 Å². The fourth-order valence-corrected chi connectivity index (χ4v) is 2.43. The smallest absolute Gasteiger partial charge is 0.240 e. The second-order valence-corrected chi connectivity index (χ2v) is 4.74. The number of halogens is 7. The Morgan fingerprint density at radius 3 is 1.82 bits per heavy atom. The molecule has 0 saturated heterocycles. The molecule has 1 aliphatic rings. The maximum absolute atomic E-state index is 13.8. The largest absolute Gasteiger partial charge is 0.431 e. The first kappa shape index (κ1) is 14.6. The maximum atomic E-state index is 13.8. The average molecular weight is 266 g/mol. The first-order chi connectivity index (χ1) is 7.39. The summed E-state index contributed by atoms with van der Waals surface area (Å²) < 4.78 is 91.5. The molecule has 0 nitrogen and oxygen atoms in total. The zero-order chi connectivity index (χ0) is 13.7. The summed E-state index contributed by atoms with van der Waals surface area (Å²) in [4.78, 5) is 0. The zero-order valence-electron chi connectivity index (χ0n) is 9.34. The summed E-state index contributed by atoms with van der Waals surface area (Å²) in [5.74, 6) is -5.69. The van der Waals surface area contributed by atoms with Gasteiger partial charge < -0.3 is 0 Å². The van der Waals surface area contributed by atoms with Crippen molar-refractivity contribution in [3.8, 4) is 0 Å². The zero-order valence-corrected chi connectivity index (χ0v) is 9.34. The number of alkyl halides is 7. The Morgan fingerprint density at radius 1 is 1.06 bits per heavy atom. The molecule has 1 rings (SSSR count). The highest BCUT2D eigenvalue weighted by Gasteiger charge is 2.81. The van der Waals surface area contributed by atoms with E-state index in [-0.39, 0.29) is 13.3 Å². The van der Waals surface area contributed by atoms with Gasteiger partial charge in [-0.25, -0.2) is 17.6 Å². The van der Waals surface area contributed by atoms with Crippen molar-refractivity contribution in [3.05, 3.63) is 0 Å². The summed E-state index contributed by atoms with van der Waals surface area (Å²) in [7, 11) is 0. The molecule has 1 fully saturated rings. The molecule has 7 heteroatoms. The van der Waals surface area contributed by atoms with Gasteiger partial charge in [-0.05, 0) is 19.3 Å². The lowest BCUT2D eigenvalue weighted by Crippen LogP contribution is -2.69. The molecule has 0 radical (unpaired) electrons. The minimum atomic E-state index is -5.93. The van der Waals surface area contributed by atoms with Crippen molar-refractivity contribution >= 4 is 0 Å². The summed E-state index contributed by atoms with van der Waals surface area (Å²) >= 11 is 0. The highest BCUT2D eigenvalue weighted by molar-refractivity contribution is 5.15. The van der Waals surface area contributed by atoms with Gasteiger partial charge in [0.15, 0.2) is 5.67 Å². The Bertz CT molecular complexity index is 274. The van der Waals surface area contributed by atoms with Crippen LogP contribution in [0, 0.1) is 5.92 Å². The van der Waals surface area contributed by atoms with Crippen LogP contribution in [0.3, 0.4) is 0 Å². The summed E-state index contributed by atoms with van der Waals surface area (Å²) in [6.45, 7) is 1.71. The fraction of sp³-hybridized carbons (Fsp3) is 1.00. The van der Waals surface area contributed by atoms with Gasteiger partial charge in [-0.1, -0.05) is 13.3 Å². The van der Waals surface area contributed by atoms with Gasteiger partial charge in [-0.15, -0.1) is 0 Å². The average Bonchev–Trinajstić information content (AvgIpc) is 2.10. The van der Waals surface area contributed by atoms with Crippen LogP contribution in [-0.4, -0.2) is 23.4 Å². The van der Waals surface area contributed by atoms with Gasteiger partial charge in [0, 0.05) is 6.42 Å². The van der Waals surface area contributed by atoms with E-state index in [1.807, 2.05) is 0 Å². The van der Waals surface area contributed by atoms with Crippen molar-refractivity contribution < 1.29 is 30.7 Å². The van der Waals surface area contributed by atoms with E-state index in [1.165, 1.54) is 6.92 Å². The molecule has 3 unspecified atom stereocenters. The third kappa shape index (κ3) is 1.91. The van der Waals surface area contributed by atoms with Crippen LogP contribution >= 0.6 is 0 Å². The highest BCUT2D eigenvalue weighted by atomic mass is 19.4. The van der Waals surface area contributed by atoms with Crippen LogP contribution in [0.5, 0.6) is 0 Å². The summed E-state index contributed by atoms with van der Waals surface area (Å²) in [5, 5.41) is 0. The molecule has 0 aromatic carbocycles. The molecule has 0 aromatic rings. The summed E-state index contributed by atoms with van der Waals surface area (Å²) in [6, 6.07) is 0. The molecule has 1 aliphatic carbocycles. The van der Waals surface area contributed by atoms with Crippen LogP contribution in [0.4, 0.5) is 30.7 Å². The minimum Gasteiger partial charge on any atom is -0.240 e. The van der Waals surface area contributed by atoms with Crippen LogP contribution in [0.25, 0.3) is 0 Å². The van der Waals surface area contributed by atoms with Crippen molar-refractivity contribution in [1.82, 2.24) is 0 Å². The standard InChI is InChI=1S/C10H13F7/c1-3-6-4-7(2,11)9(14,10(15,16)17)8(12,13)5-6/h6H,3-5H2,1-2H3. The van der Waals surface area contributed by atoms with Gasteiger partial charge >= 0.3 is 11.8 Å². The highest BCUT2D eigenvalue weighted by Crippen LogP contribution is 2.60. The molecule has 0 amide bonds. The normalized spacial score (nSPS) is 42.5. The van der Waals surface area contributed by atoms with E-state index < -0.39 is 42.2 Å². The summed E-state index contributed by atoms with van der Waals surface area (Å²) in [5.41, 5.74) is -8.73. The predicted molar refractivity (Wildman–Crippen MR) is 47.4 cm³/mol. The number of hydrogen-bond acceptors (Lipinski definition) is 0. The summed E-state index contributed by atoms with van der Waals surface area (Å²) in [6.07, 6.45) is -7.98. The molecular weight excluding hydrogens is 253 g/mol. The first-order valence-electron chi connectivity index (χ1n) is 5.21. The lowest BCUT2D eigenvalue weighted by molar-refractivity contribution is -0.356. The van der Waals surface area contributed by atoms with Crippen molar-refractivity contribution in [2.75, 3.05) is 0 Å². The van der Waals surface area contributed by atoms with Gasteiger partial charge in [-0.3, -0.25) is 0 Å². The monoisotopic (exact) mass is 266 g/mol. The van der Waals surface area contributed by atoms with Crippen LogP contribution in [0.2, 0.25) is 0 Å². The predicted octanol–water partition coefficient (Wildman–Crippen LogP) is 4.44. The van der Waals surface area contributed by atoms with Gasteiger partial charge in [-0.2, -0.15) is 13.2 Å². The quantitative estimate of drug-likeness (QED) is 0.615. The molecular formula is C10H13F7. The first-order valence-corrected chi connectivity index (χ1v) is 5.21.